The third-order valence-electron chi connectivity index (χ3n) is 5.09. The molecule has 7 nitrogen and oxygen atoms in total. The van der Waals surface area contributed by atoms with Gasteiger partial charge in [-0.25, -0.2) is 14.6 Å². The number of barbiturate groups is 1. The Balaban J connectivity index is 1.81. The van der Waals surface area contributed by atoms with Crippen molar-refractivity contribution in [3.8, 4) is 23.8 Å². The van der Waals surface area contributed by atoms with Crippen molar-refractivity contribution in [1.29, 1.82) is 0 Å². The first-order valence-corrected chi connectivity index (χ1v) is 10.3. The number of benzene rings is 3. The molecular weight excluding hydrogens is 432 g/mol. The van der Waals surface area contributed by atoms with Crippen LogP contribution in [0.2, 0.25) is 0 Å². The molecular formula is C27H20N2O5. The number of carbonyl (C=O) groups is 3. The maximum absolute atomic E-state index is 13.4. The lowest BCUT2D eigenvalue weighted by Gasteiger charge is -2.33. The lowest BCUT2D eigenvalue weighted by molar-refractivity contribution is -0.121. The summed E-state index contributed by atoms with van der Waals surface area (Å²) in [6, 6.07) is 21.1. The standard InChI is InChI=1S/C27H20N2O5/c1-3-16-34-23-15-14-19(18-24(23)33-2)17-22-25(30)28(20-10-6-4-7-11-20)27(32)29(26(22)31)21-12-8-5-9-13-21/h1,4-15,17-18H,16H2,2H3. The summed E-state index contributed by atoms with van der Waals surface area (Å²) in [5.74, 6) is 1.75. The van der Waals surface area contributed by atoms with Gasteiger partial charge in [0.05, 0.1) is 18.5 Å². The number of rotatable bonds is 6. The van der Waals surface area contributed by atoms with Gasteiger partial charge in [-0.3, -0.25) is 9.59 Å². The Morgan fingerprint density at radius 2 is 1.38 bits per heavy atom. The second kappa shape index (κ2) is 9.76. The van der Waals surface area contributed by atoms with Crippen molar-refractivity contribution in [1.82, 2.24) is 0 Å². The fourth-order valence-electron chi connectivity index (χ4n) is 3.52. The number of carbonyl (C=O) groups excluding carboxylic acids is 3. The van der Waals surface area contributed by atoms with Crippen LogP contribution >= 0.6 is 0 Å². The predicted octanol–water partition coefficient (Wildman–Crippen LogP) is 4.29. The van der Waals surface area contributed by atoms with Gasteiger partial charge in [0.2, 0.25) is 0 Å². The minimum atomic E-state index is -0.750. The van der Waals surface area contributed by atoms with Crippen LogP contribution in [0.15, 0.2) is 84.4 Å². The van der Waals surface area contributed by atoms with Gasteiger partial charge in [-0.05, 0) is 48.0 Å². The summed E-state index contributed by atoms with van der Waals surface area (Å²) >= 11 is 0. The number of hydrogen-bond acceptors (Lipinski definition) is 5. The maximum atomic E-state index is 13.4. The second-order valence-corrected chi connectivity index (χ2v) is 7.20. The van der Waals surface area contributed by atoms with E-state index in [2.05, 4.69) is 5.92 Å². The van der Waals surface area contributed by atoms with Crippen LogP contribution in [0.5, 0.6) is 11.5 Å². The van der Waals surface area contributed by atoms with Gasteiger partial charge in [0.1, 0.15) is 12.2 Å². The highest BCUT2D eigenvalue weighted by atomic mass is 16.5. The van der Waals surface area contributed by atoms with E-state index in [-0.39, 0.29) is 12.2 Å². The monoisotopic (exact) mass is 452 g/mol. The number of amides is 4. The van der Waals surface area contributed by atoms with Gasteiger partial charge in [0.25, 0.3) is 11.8 Å². The third-order valence-corrected chi connectivity index (χ3v) is 5.09. The normalized spacial score (nSPS) is 13.5. The topological polar surface area (TPSA) is 76.2 Å². The Labute approximate surface area is 196 Å². The number of anilines is 2. The highest BCUT2D eigenvalue weighted by Crippen LogP contribution is 2.32. The van der Waals surface area contributed by atoms with E-state index in [4.69, 9.17) is 15.9 Å². The van der Waals surface area contributed by atoms with Crippen LogP contribution in [-0.2, 0) is 9.59 Å². The SMILES string of the molecule is C#CCOc1ccc(C=C2C(=O)N(c3ccccc3)C(=O)N(c3ccccc3)C2=O)cc1OC. The number of imide groups is 2. The molecule has 7 heteroatoms. The molecule has 0 aliphatic carbocycles. The summed E-state index contributed by atoms with van der Waals surface area (Å²) in [6.07, 6.45) is 6.68. The summed E-state index contributed by atoms with van der Waals surface area (Å²) < 4.78 is 10.8. The summed E-state index contributed by atoms with van der Waals surface area (Å²) in [6.45, 7) is 0.0634. The number of urea groups is 1. The molecule has 0 aromatic heterocycles. The zero-order valence-electron chi connectivity index (χ0n) is 18.3. The van der Waals surface area contributed by atoms with Crippen LogP contribution in [0.25, 0.3) is 6.08 Å². The van der Waals surface area contributed by atoms with Crippen molar-refractivity contribution in [3.63, 3.8) is 0 Å². The van der Waals surface area contributed by atoms with Gasteiger partial charge in [0, 0.05) is 0 Å². The number of hydrogen-bond donors (Lipinski definition) is 0. The first-order chi connectivity index (χ1) is 16.5. The lowest BCUT2D eigenvalue weighted by Crippen LogP contribution is -2.57. The van der Waals surface area contributed by atoms with Crippen LogP contribution in [0.3, 0.4) is 0 Å². The minimum Gasteiger partial charge on any atom is -0.493 e. The van der Waals surface area contributed by atoms with E-state index in [9.17, 15) is 14.4 Å². The smallest absolute Gasteiger partial charge is 0.343 e. The van der Waals surface area contributed by atoms with E-state index in [1.165, 1.54) is 13.2 Å². The minimum absolute atomic E-state index is 0.0634. The molecule has 3 aromatic rings. The van der Waals surface area contributed by atoms with Crippen LogP contribution in [-0.4, -0.2) is 31.6 Å². The van der Waals surface area contributed by atoms with E-state index in [1.807, 2.05) is 0 Å². The molecule has 4 amide bonds. The summed E-state index contributed by atoms with van der Waals surface area (Å²) in [5.41, 5.74) is 1.04. The van der Waals surface area contributed by atoms with Crippen LogP contribution < -0.4 is 19.3 Å². The Kier molecular flexibility index (Phi) is 6.42. The second-order valence-electron chi connectivity index (χ2n) is 7.20. The highest BCUT2D eigenvalue weighted by Gasteiger charge is 2.43. The Hall–Kier alpha value is -4.83. The fraction of sp³-hybridized carbons (Fsp3) is 0.0741. The van der Waals surface area contributed by atoms with E-state index in [0.717, 1.165) is 9.80 Å². The maximum Gasteiger partial charge on any atom is 0.343 e. The number of nitrogens with zero attached hydrogens (tertiary/aromatic N) is 2. The van der Waals surface area contributed by atoms with Crippen molar-refractivity contribution in [2.75, 3.05) is 23.5 Å². The Bertz CT molecular complexity index is 1250. The average Bonchev–Trinajstić information content (AvgIpc) is 2.87. The Morgan fingerprint density at radius 1 is 0.824 bits per heavy atom. The lowest BCUT2D eigenvalue weighted by atomic mass is 10.0. The summed E-state index contributed by atoms with van der Waals surface area (Å²) in [7, 11) is 1.47. The van der Waals surface area contributed by atoms with Gasteiger partial charge < -0.3 is 9.47 Å². The first kappa shape index (κ1) is 22.4. The molecule has 0 N–H and O–H groups in total. The molecule has 3 aromatic carbocycles. The van der Waals surface area contributed by atoms with Gasteiger partial charge in [0.15, 0.2) is 11.5 Å². The summed E-state index contributed by atoms with van der Waals surface area (Å²) in [5, 5.41) is 0. The molecule has 0 radical (unpaired) electrons. The van der Waals surface area contributed by atoms with Crippen molar-refractivity contribution in [2.45, 2.75) is 0 Å². The third kappa shape index (κ3) is 4.25. The Morgan fingerprint density at radius 3 is 1.88 bits per heavy atom. The predicted molar refractivity (Wildman–Crippen MR) is 129 cm³/mol. The highest BCUT2D eigenvalue weighted by molar-refractivity contribution is 6.46. The molecule has 0 saturated carbocycles. The quantitative estimate of drug-likeness (QED) is 0.317. The summed E-state index contributed by atoms with van der Waals surface area (Å²) in [4.78, 5) is 42.1. The number of ether oxygens (including phenoxy) is 2. The van der Waals surface area contributed by atoms with Crippen LogP contribution in [0.4, 0.5) is 16.2 Å². The van der Waals surface area contributed by atoms with Gasteiger partial charge in [-0.1, -0.05) is 48.4 Å². The molecule has 1 fully saturated rings. The molecule has 168 valence electrons. The first-order valence-electron chi connectivity index (χ1n) is 10.3. The fourth-order valence-corrected chi connectivity index (χ4v) is 3.52. The van der Waals surface area contributed by atoms with Gasteiger partial charge >= 0.3 is 6.03 Å². The molecule has 0 unspecified atom stereocenters. The molecule has 1 aliphatic heterocycles. The van der Waals surface area contributed by atoms with E-state index in [1.54, 1.807) is 78.9 Å². The van der Waals surface area contributed by atoms with E-state index in [0.29, 0.717) is 28.4 Å². The van der Waals surface area contributed by atoms with Crippen molar-refractivity contribution in [2.24, 2.45) is 0 Å². The molecule has 0 bridgehead atoms. The molecule has 1 heterocycles. The largest absolute Gasteiger partial charge is 0.493 e. The molecule has 0 atom stereocenters. The van der Waals surface area contributed by atoms with E-state index >= 15 is 0 Å². The van der Waals surface area contributed by atoms with Crippen molar-refractivity contribution >= 4 is 35.3 Å². The molecule has 4 rings (SSSR count). The average molecular weight is 452 g/mol. The van der Waals surface area contributed by atoms with Crippen LogP contribution in [0, 0.1) is 12.3 Å². The number of para-hydroxylation sites is 2. The zero-order chi connectivity index (χ0) is 24.1. The van der Waals surface area contributed by atoms with Crippen molar-refractivity contribution < 1.29 is 23.9 Å². The van der Waals surface area contributed by atoms with Gasteiger partial charge in [-0.2, -0.15) is 0 Å². The zero-order valence-corrected chi connectivity index (χ0v) is 18.3. The van der Waals surface area contributed by atoms with Crippen molar-refractivity contribution in [3.05, 3.63) is 90.0 Å². The molecule has 34 heavy (non-hydrogen) atoms. The number of methoxy groups -OCH3 is 1. The van der Waals surface area contributed by atoms with Gasteiger partial charge in [-0.15, -0.1) is 6.42 Å². The number of terminal acetylenes is 1. The van der Waals surface area contributed by atoms with Crippen LogP contribution in [0.1, 0.15) is 5.56 Å². The molecule has 1 aliphatic rings. The molecule has 1 saturated heterocycles. The molecule has 0 spiro atoms. The van der Waals surface area contributed by atoms with E-state index < -0.39 is 17.8 Å².